The highest BCUT2D eigenvalue weighted by Crippen LogP contribution is 2.29. The molecule has 2 aromatic rings. The first-order valence-electron chi connectivity index (χ1n) is 7.49. The van der Waals surface area contributed by atoms with Gasteiger partial charge in [0.15, 0.2) is 5.82 Å². The van der Waals surface area contributed by atoms with Crippen LogP contribution in [0.1, 0.15) is 34.8 Å². The molecule has 22 heavy (non-hydrogen) atoms. The first-order chi connectivity index (χ1) is 10.6. The maximum absolute atomic E-state index is 12.1. The summed E-state index contributed by atoms with van der Waals surface area (Å²) < 4.78 is 7.52. The molecule has 1 fully saturated rings. The summed E-state index contributed by atoms with van der Waals surface area (Å²) in [5, 5.41) is 10.8. The van der Waals surface area contributed by atoms with Crippen molar-refractivity contribution in [2.45, 2.75) is 26.3 Å². The van der Waals surface area contributed by atoms with Gasteiger partial charge in [-0.2, -0.15) is 0 Å². The zero-order valence-electron chi connectivity index (χ0n) is 12.9. The van der Waals surface area contributed by atoms with E-state index < -0.39 is 0 Å². The van der Waals surface area contributed by atoms with Crippen molar-refractivity contribution in [1.29, 1.82) is 0 Å². The van der Waals surface area contributed by atoms with Crippen LogP contribution in [-0.4, -0.2) is 27.3 Å². The van der Waals surface area contributed by atoms with Crippen LogP contribution >= 0.6 is 0 Å². The Morgan fingerprint density at radius 1 is 1.32 bits per heavy atom. The molecule has 0 bridgehead atoms. The molecule has 6 nitrogen and oxygen atoms in total. The fraction of sp³-hybridized carbons (Fsp3) is 0.438. The van der Waals surface area contributed by atoms with Crippen LogP contribution in [0.2, 0.25) is 0 Å². The quantitative estimate of drug-likeness (QED) is 0.884. The third-order valence-electron chi connectivity index (χ3n) is 3.89. The minimum atomic E-state index is -0.130. The van der Waals surface area contributed by atoms with Crippen LogP contribution in [0.5, 0.6) is 5.75 Å². The van der Waals surface area contributed by atoms with Gasteiger partial charge in [0.2, 0.25) is 0 Å². The molecular formula is C16H20N4O2. The van der Waals surface area contributed by atoms with Crippen molar-refractivity contribution in [3.63, 3.8) is 0 Å². The summed E-state index contributed by atoms with van der Waals surface area (Å²) in [5.41, 5.74) is 0.609. The minimum Gasteiger partial charge on any atom is -0.493 e. The number of amides is 1. The van der Waals surface area contributed by atoms with E-state index >= 15 is 0 Å². The van der Waals surface area contributed by atoms with E-state index in [1.54, 1.807) is 12.1 Å². The second-order valence-corrected chi connectivity index (χ2v) is 5.68. The fourth-order valence-electron chi connectivity index (χ4n) is 2.07. The predicted octanol–water partition coefficient (Wildman–Crippen LogP) is 1.84. The molecule has 0 unspecified atom stereocenters. The largest absolute Gasteiger partial charge is 0.493 e. The number of hydrogen-bond donors (Lipinski definition) is 1. The first kappa shape index (κ1) is 14.6. The van der Waals surface area contributed by atoms with Gasteiger partial charge in [-0.25, -0.2) is 0 Å². The molecule has 0 radical (unpaired) electrons. The monoisotopic (exact) mass is 300 g/mol. The van der Waals surface area contributed by atoms with Crippen LogP contribution < -0.4 is 10.1 Å². The number of ether oxygens (including phenoxy) is 1. The Bertz CT molecular complexity index is 659. The lowest BCUT2D eigenvalue weighted by atomic mass is 10.2. The number of aromatic nitrogens is 3. The molecule has 1 aliphatic rings. The molecule has 0 spiro atoms. The average Bonchev–Trinajstić information content (AvgIpc) is 3.31. The van der Waals surface area contributed by atoms with Crippen LogP contribution in [0.4, 0.5) is 0 Å². The SMILES string of the molecule is Cc1nnc(CNC(=O)c2ccc(OCC3CC3)cc2)n1C. The molecule has 1 aromatic carbocycles. The summed E-state index contributed by atoms with van der Waals surface area (Å²) >= 11 is 0. The summed E-state index contributed by atoms with van der Waals surface area (Å²) in [5.74, 6) is 2.95. The number of benzene rings is 1. The van der Waals surface area contributed by atoms with E-state index in [2.05, 4.69) is 15.5 Å². The topological polar surface area (TPSA) is 69.0 Å². The Balaban J connectivity index is 1.53. The van der Waals surface area contributed by atoms with Crippen LogP contribution in [0, 0.1) is 12.8 Å². The average molecular weight is 300 g/mol. The smallest absolute Gasteiger partial charge is 0.251 e. The number of nitrogens with zero attached hydrogens (tertiary/aromatic N) is 3. The number of nitrogens with one attached hydrogen (secondary N) is 1. The maximum Gasteiger partial charge on any atom is 0.251 e. The van der Waals surface area contributed by atoms with Crippen LogP contribution in [0.3, 0.4) is 0 Å². The molecule has 0 saturated heterocycles. The van der Waals surface area contributed by atoms with E-state index in [0.29, 0.717) is 12.1 Å². The summed E-state index contributed by atoms with van der Waals surface area (Å²) in [4.78, 5) is 12.1. The number of carbonyl (C=O) groups excluding carboxylic acids is 1. The van der Waals surface area contributed by atoms with Gasteiger partial charge in [0.25, 0.3) is 5.91 Å². The maximum atomic E-state index is 12.1. The highest BCUT2D eigenvalue weighted by atomic mass is 16.5. The van der Waals surface area contributed by atoms with Gasteiger partial charge < -0.3 is 14.6 Å². The predicted molar refractivity (Wildman–Crippen MR) is 81.6 cm³/mol. The molecule has 3 rings (SSSR count). The van der Waals surface area contributed by atoms with Gasteiger partial charge in [-0.15, -0.1) is 10.2 Å². The third kappa shape index (κ3) is 3.44. The van der Waals surface area contributed by atoms with Gasteiger partial charge in [-0.3, -0.25) is 4.79 Å². The second-order valence-electron chi connectivity index (χ2n) is 5.68. The van der Waals surface area contributed by atoms with Crippen molar-refractivity contribution in [3.05, 3.63) is 41.5 Å². The van der Waals surface area contributed by atoms with Gasteiger partial charge in [0.05, 0.1) is 13.2 Å². The molecule has 1 saturated carbocycles. The van der Waals surface area contributed by atoms with Crippen molar-refractivity contribution in [2.24, 2.45) is 13.0 Å². The van der Waals surface area contributed by atoms with Crippen molar-refractivity contribution < 1.29 is 9.53 Å². The number of aryl methyl sites for hydroxylation is 1. The molecule has 1 amide bonds. The van der Waals surface area contributed by atoms with E-state index in [4.69, 9.17) is 4.74 Å². The molecule has 0 atom stereocenters. The van der Waals surface area contributed by atoms with E-state index in [1.807, 2.05) is 30.7 Å². The molecule has 1 heterocycles. The van der Waals surface area contributed by atoms with Crippen molar-refractivity contribution in [2.75, 3.05) is 6.61 Å². The zero-order chi connectivity index (χ0) is 15.5. The zero-order valence-corrected chi connectivity index (χ0v) is 12.9. The summed E-state index contributed by atoms with van der Waals surface area (Å²) in [6.45, 7) is 3.01. The normalized spacial score (nSPS) is 13.9. The van der Waals surface area contributed by atoms with E-state index in [0.717, 1.165) is 29.9 Å². The van der Waals surface area contributed by atoms with Crippen LogP contribution in [0.25, 0.3) is 0 Å². The Kier molecular flexibility index (Phi) is 4.09. The van der Waals surface area contributed by atoms with Crippen molar-refractivity contribution in [1.82, 2.24) is 20.1 Å². The third-order valence-corrected chi connectivity index (χ3v) is 3.89. The number of carbonyl (C=O) groups is 1. The summed E-state index contributed by atoms with van der Waals surface area (Å²) in [7, 11) is 1.88. The lowest BCUT2D eigenvalue weighted by molar-refractivity contribution is 0.0949. The molecule has 6 heteroatoms. The van der Waals surface area contributed by atoms with E-state index in [-0.39, 0.29) is 5.91 Å². The lowest BCUT2D eigenvalue weighted by Crippen LogP contribution is -2.24. The molecule has 116 valence electrons. The highest BCUT2D eigenvalue weighted by Gasteiger charge is 2.21. The Hall–Kier alpha value is -2.37. The number of rotatable bonds is 6. The van der Waals surface area contributed by atoms with Gasteiger partial charge in [-0.1, -0.05) is 0 Å². The molecular weight excluding hydrogens is 280 g/mol. The van der Waals surface area contributed by atoms with E-state index in [9.17, 15) is 4.79 Å². The van der Waals surface area contributed by atoms with Crippen molar-refractivity contribution >= 4 is 5.91 Å². The standard InChI is InChI=1S/C16H20N4O2/c1-11-18-19-15(20(11)2)9-17-16(21)13-5-7-14(8-6-13)22-10-12-3-4-12/h5-8,12H,3-4,9-10H2,1-2H3,(H,17,21). The van der Waals surface area contributed by atoms with Crippen LogP contribution in [0.15, 0.2) is 24.3 Å². The fourth-order valence-corrected chi connectivity index (χ4v) is 2.07. The summed E-state index contributed by atoms with van der Waals surface area (Å²) in [6.07, 6.45) is 2.53. The second kappa shape index (κ2) is 6.17. The lowest BCUT2D eigenvalue weighted by Gasteiger charge is -2.07. The summed E-state index contributed by atoms with van der Waals surface area (Å²) in [6, 6.07) is 7.23. The van der Waals surface area contributed by atoms with Gasteiger partial charge in [0.1, 0.15) is 11.6 Å². The van der Waals surface area contributed by atoms with Gasteiger partial charge in [0, 0.05) is 12.6 Å². The molecule has 0 aliphatic heterocycles. The highest BCUT2D eigenvalue weighted by molar-refractivity contribution is 5.94. The number of hydrogen-bond acceptors (Lipinski definition) is 4. The van der Waals surface area contributed by atoms with Gasteiger partial charge >= 0.3 is 0 Å². The van der Waals surface area contributed by atoms with Crippen LogP contribution in [-0.2, 0) is 13.6 Å². The Morgan fingerprint density at radius 2 is 2.05 bits per heavy atom. The Labute approximate surface area is 129 Å². The molecule has 1 aliphatic carbocycles. The molecule has 1 aromatic heterocycles. The Morgan fingerprint density at radius 3 is 2.64 bits per heavy atom. The molecule has 1 N–H and O–H groups in total. The first-order valence-corrected chi connectivity index (χ1v) is 7.49. The van der Waals surface area contributed by atoms with Gasteiger partial charge in [-0.05, 0) is 49.9 Å². The van der Waals surface area contributed by atoms with E-state index in [1.165, 1.54) is 12.8 Å². The van der Waals surface area contributed by atoms with Crippen molar-refractivity contribution in [3.8, 4) is 5.75 Å². The minimum absolute atomic E-state index is 0.130.